The van der Waals surface area contributed by atoms with Gasteiger partial charge >= 0.3 is 0 Å². The molecule has 3 rings (SSSR count). The first kappa shape index (κ1) is 17.9. The molecular weight excluding hydrogens is 338 g/mol. The Bertz CT molecular complexity index is 725. The lowest BCUT2D eigenvalue weighted by Crippen LogP contribution is -2.53. The molecule has 138 valence electrons. The van der Waals surface area contributed by atoms with Crippen LogP contribution in [0.3, 0.4) is 0 Å². The van der Waals surface area contributed by atoms with Crippen molar-refractivity contribution >= 4 is 35.1 Å². The highest BCUT2D eigenvalue weighted by atomic mass is 16.5. The predicted octanol–water partition coefficient (Wildman–Crippen LogP) is 0.160. The van der Waals surface area contributed by atoms with Crippen LogP contribution in [0.1, 0.15) is 13.3 Å². The van der Waals surface area contributed by atoms with Crippen LogP contribution in [0.2, 0.25) is 0 Å². The number of hydrogen-bond donors (Lipinski definition) is 3. The van der Waals surface area contributed by atoms with Crippen molar-refractivity contribution in [3.05, 3.63) is 24.3 Å². The molecule has 1 saturated heterocycles. The minimum Gasteiger partial charge on any atom is -0.378 e. The van der Waals surface area contributed by atoms with E-state index >= 15 is 0 Å². The Kier molecular flexibility index (Phi) is 5.47. The molecule has 1 aromatic rings. The number of aliphatic imine (C=N–C) groups is 1. The predicted molar refractivity (Wildman–Crippen MR) is 95.8 cm³/mol. The first-order chi connectivity index (χ1) is 12.5. The van der Waals surface area contributed by atoms with Crippen LogP contribution in [0.4, 0.5) is 11.4 Å². The first-order valence-corrected chi connectivity index (χ1v) is 8.40. The van der Waals surface area contributed by atoms with E-state index in [0.717, 1.165) is 0 Å². The Morgan fingerprint density at radius 3 is 2.38 bits per heavy atom. The van der Waals surface area contributed by atoms with Gasteiger partial charge in [0.1, 0.15) is 6.04 Å². The number of ether oxygens (including phenoxy) is 1. The van der Waals surface area contributed by atoms with Crippen molar-refractivity contribution in [1.29, 1.82) is 0 Å². The molecule has 2 aliphatic rings. The van der Waals surface area contributed by atoms with Gasteiger partial charge in [0.2, 0.25) is 23.7 Å². The molecule has 2 heterocycles. The van der Waals surface area contributed by atoms with E-state index in [1.54, 1.807) is 24.3 Å². The maximum absolute atomic E-state index is 12.5. The molecule has 0 saturated carbocycles. The van der Waals surface area contributed by atoms with E-state index < -0.39 is 6.04 Å². The molecule has 0 aromatic heterocycles. The zero-order chi connectivity index (χ0) is 18.5. The second-order valence-electron chi connectivity index (χ2n) is 6.07. The molecule has 1 atom stereocenters. The molecule has 0 bridgehead atoms. The van der Waals surface area contributed by atoms with Gasteiger partial charge in [-0.15, -0.1) is 0 Å². The molecule has 2 aliphatic heterocycles. The van der Waals surface area contributed by atoms with E-state index in [-0.39, 0.29) is 24.1 Å². The smallest absolute Gasteiger partial charge is 0.249 e. The third-order valence-electron chi connectivity index (χ3n) is 3.99. The van der Waals surface area contributed by atoms with Crippen molar-refractivity contribution in [2.24, 2.45) is 4.99 Å². The average molecular weight is 359 g/mol. The van der Waals surface area contributed by atoms with Gasteiger partial charge in [0, 0.05) is 31.4 Å². The Labute approximate surface area is 150 Å². The summed E-state index contributed by atoms with van der Waals surface area (Å²) in [4.78, 5) is 41.8. The second-order valence-corrected chi connectivity index (χ2v) is 6.07. The van der Waals surface area contributed by atoms with Crippen LogP contribution in [0, 0.1) is 0 Å². The number of morpholine rings is 1. The molecule has 0 aliphatic carbocycles. The molecule has 1 aromatic carbocycles. The van der Waals surface area contributed by atoms with Gasteiger partial charge in [-0.2, -0.15) is 0 Å². The van der Waals surface area contributed by atoms with Crippen LogP contribution >= 0.6 is 0 Å². The summed E-state index contributed by atoms with van der Waals surface area (Å²) in [6.45, 7) is 3.79. The molecule has 1 unspecified atom stereocenters. The Morgan fingerprint density at radius 1 is 1.15 bits per heavy atom. The molecule has 9 nitrogen and oxygen atoms in total. The fraction of sp³-hybridized carbons (Fsp3) is 0.412. The number of hydrogen-bond acceptors (Lipinski definition) is 6. The summed E-state index contributed by atoms with van der Waals surface area (Å²) in [6.07, 6.45) is 0.00362. The normalized spacial score (nSPS) is 20.0. The van der Waals surface area contributed by atoms with Crippen LogP contribution in [-0.4, -0.2) is 60.9 Å². The Morgan fingerprint density at radius 2 is 1.77 bits per heavy atom. The monoisotopic (exact) mass is 359 g/mol. The number of amides is 3. The fourth-order valence-electron chi connectivity index (χ4n) is 2.73. The van der Waals surface area contributed by atoms with Crippen molar-refractivity contribution in [3.8, 4) is 0 Å². The highest BCUT2D eigenvalue weighted by Crippen LogP contribution is 2.16. The summed E-state index contributed by atoms with van der Waals surface area (Å²) in [7, 11) is 0. The number of anilines is 2. The SMILES string of the molecule is CC(=O)Nc1ccc(NC(=O)C2CC(=O)NC(N3CCOCC3)=N2)cc1. The van der Waals surface area contributed by atoms with E-state index in [9.17, 15) is 14.4 Å². The Balaban J connectivity index is 1.66. The lowest BCUT2D eigenvalue weighted by Gasteiger charge is -2.32. The van der Waals surface area contributed by atoms with Crippen molar-refractivity contribution < 1.29 is 19.1 Å². The largest absolute Gasteiger partial charge is 0.378 e. The lowest BCUT2D eigenvalue weighted by molar-refractivity contribution is -0.125. The first-order valence-electron chi connectivity index (χ1n) is 8.40. The van der Waals surface area contributed by atoms with Gasteiger partial charge in [-0.1, -0.05) is 0 Å². The van der Waals surface area contributed by atoms with Gasteiger partial charge in [0.05, 0.1) is 19.6 Å². The third-order valence-corrected chi connectivity index (χ3v) is 3.99. The fourth-order valence-corrected chi connectivity index (χ4v) is 2.73. The molecule has 0 radical (unpaired) electrons. The Hall–Kier alpha value is -2.94. The summed E-state index contributed by atoms with van der Waals surface area (Å²) >= 11 is 0. The summed E-state index contributed by atoms with van der Waals surface area (Å²) in [5.74, 6) is -0.328. The number of nitrogens with zero attached hydrogens (tertiary/aromatic N) is 2. The van der Waals surface area contributed by atoms with Crippen molar-refractivity contribution in [2.75, 3.05) is 36.9 Å². The highest BCUT2D eigenvalue weighted by molar-refractivity contribution is 6.06. The van der Waals surface area contributed by atoms with Gasteiger partial charge < -0.3 is 20.3 Å². The van der Waals surface area contributed by atoms with Gasteiger partial charge in [0.25, 0.3) is 0 Å². The summed E-state index contributed by atoms with van der Waals surface area (Å²) in [6, 6.07) is 5.95. The zero-order valence-corrected chi connectivity index (χ0v) is 14.4. The van der Waals surface area contributed by atoms with Gasteiger partial charge in [-0.05, 0) is 24.3 Å². The second kappa shape index (κ2) is 7.96. The van der Waals surface area contributed by atoms with Crippen molar-refractivity contribution in [1.82, 2.24) is 10.2 Å². The lowest BCUT2D eigenvalue weighted by atomic mass is 10.1. The molecule has 0 spiro atoms. The van der Waals surface area contributed by atoms with Crippen LogP contribution in [0.15, 0.2) is 29.3 Å². The van der Waals surface area contributed by atoms with E-state index in [4.69, 9.17) is 4.74 Å². The number of benzene rings is 1. The maximum Gasteiger partial charge on any atom is 0.249 e. The molecule has 3 amide bonds. The van der Waals surface area contributed by atoms with Gasteiger partial charge in [-0.25, -0.2) is 4.99 Å². The van der Waals surface area contributed by atoms with E-state index in [0.29, 0.717) is 43.6 Å². The number of nitrogens with one attached hydrogen (secondary N) is 3. The van der Waals surface area contributed by atoms with Crippen molar-refractivity contribution in [3.63, 3.8) is 0 Å². The molecule has 9 heteroatoms. The van der Waals surface area contributed by atoms with E-state index in [1.807, 2.05) is 4.90 Å². The van der Waals surface area contributed by atoms with E-state index in [2.05, 4.69) is 20.9 Å². The summed E-state index contributed by atoms with van der Waals surface area (Å²) in [5.41, 5.74) is 1.21. The zero-order valence-electron chi connectivity index (χ0n) is 14.4. The minimum atomic E-state index is -0.781. The standard InChI is InChI=1S/C17H21N5O4/c1-11(23)18-12-2-4-13(5-3-12)19-16(25)14-10-15(24)21-17(20-14)22-6-8-26-9-7-22/h2-5,14H,6-10H2,1H3,(H,18,23)(H,19,25)(H,20,21,24). The summed E-state index contributed by atoms with van der Waals surface area (Å²) < 4.78 is 5.29. The quantitative estimate of drug-likeness (QED) is 0.712. The van der Waals surface area contributed by atoms with Crippen LogP contribution in [-0.2, 0) is 19.1 Å². The van der Waals surface area contributed by atoms with Gasteiger partial charge in [-0.3, -0.25) is 19.7 Å². The third kappa shape index (κ3) is 4.57. The number of carbonyl (C=O) groups excluding carboxylic acids is 3. The minimum absolute atomic E-state index is 0.00362. The summed E-state index contributed by atoms with van der Waals surface area (Å²) in [5, 5.41) is 8.13. The van der Waals surface area contributed by atoms with Crippen molar-refractivity contribution in [2.45, 2.75) is 19.4 Å². The highest BCUT2D eigenvalue weighted by Gasteiger charge is 2.29. The number of carbonyl (C=O) groups is 3. The van der Waals surface area contributed by atoms with Crippen LogP contribution < -0.4 is 16.0 Å². The van der Waals surface area contributed by atoms with E-state index in [1.165, 1.54) is 6.92 Å². The number of guanidine groups is 1. The molecule has 26 heavy (non-hydrogen) atoms. The van der Waals surface area contributed by atoms with Crippen LogP contribution in [0.25, 0.3) is 0 Å². The molecule has 3 N–H and O–H groups in total. The van der Waals surface area contributed by atoms with Gasteiger partial charge in [0.15, 0.2) is 0 Å². The maximum atomic E-state index is 12.5. The molecule has 1 fully saturated rings. The number of rotatable bonds is 3. The topological polar surface area (TPSA) is 112 Å². The van der Waals surface area contributed by atoms with Crippen LogP contribution in [0.5, 0.6) is 0 Å². The average Bonchev–Trinajstić information content (AvgIpc) is 2.63. The molecular formula is C17H21N5O4.